The smallest absolute Gasteiger partial charge is 0.309 e. The molecule has 49 heavy (non-hydrogen) atoms. The van der Waals surface area contributed by atoms with Gasteiger partial charge in [0.15, 0.2) is 0 Å². The zero-order chi connectivity index (χ0) is 35.9. The lowest BCUT2D eigenvalue weighted by molar-refractivity contribution is -0.250. The van der Waals surface area contributed by atoms with E-state index in [2.05, 4.69) is 59.9 Å². The Bertz CT molecular complexity index is 1350. The number of hydrogen-bond acceptors (Lipinski definition) is 4. The van der Waals surface area contributed by atoms with Gasteiger partial charge >= 0.3 is 11.9 Å². The van der Waals surface area contributed by atoms with Gasteiger partial charge in [0.05, 0.1) is 11.8 Å². The van der Waals surface area contributed by atoms with Crippen molar-refractivity contribution < 1.29 is 24.2 Å². The van der Waals surface area contributed by atoms with Gasteiger partial charge < -0.3 is 14.7 Å². The summed E-state index contributed by atoms with van der Waals surface area (Å²) in [6.07, 6.45) is 15.3. The van der Waals surface area contributed by atoms with Crippen molar-refractivity contribution in [3.05, 3.63) is 12.2 Å². The van der Waals surface area contributed by atoms with Crippen molar-refractivity contribution in [3.8, 4) is 0 Å². The molecule has 0 aromatic rings. The van der Waals surface area contributed by atoms with Crippen molar-refractivity contribution in [3.63, 3.8) is 0 Å². The largest absolute Gasteiger partial charge is 0.481 e. The molecule has 6 heteroatoms. The van der Waals surface area contributed by atoms with Crippen LogP contribution in [0.4, 0.5) is 0 Å². The summed E-state index contributed by atoms with van der Waals surface area (Å²) < 4.78 is 6.19. The fourth-order valence-electron chi connectivity index (χ4n) is 14.4. The van der Waals surface area contributed by atoms with E-state index in [-0.39, 0.29) is 45.6 Å². The number of carbonyl (C=O) groups excluding carboxylic acids is 2. The van der Waals surface area contributed by atoms with Gasteiger partial charge in [-0.2, -0.15) is 0 Å². The van der Waals surface area contributed by atoms with Crippen LogP contribution in [0.25, 0.3) is 0 Å². The first-order chi connectivity index (χ1) is 22.8. The molecule has 1 aliphatic heterocycles. The van der Waals surface area contributed by atoms with Gasteiger partial charge in [-0.3, -0.25) is 14.4 Å². The number of hydrogen-bond donors (Lipinski definition) is 1. The van der Waals surface area contributed by atoms with Crippen molar-refractivity contribution in [2.45, 2.75) is 171 Å². The van der Waals surface area contributed by atoms with Gasteiger partial charge in [-0.25, -0.2) is 0 Å². The van der Waals surface area contributed by atoms with Gasteiger partial charge in [0.25, 0.3) is 0 Å². The van der Waals surface area contributed by atoms with Crippen LogP contribution in [0.15, 0.2) is 12.2 Å². The van der Waals surface area contributed by atoms with E-state index in [0.717, 1.165) is 51.5 Å². The minimum absolute atomic E-state index is 0.103. The third kappa shape index (κ3) is 5.56. The van der Waals surface area contributed by atoms with Gasteiger partial charge in [-0.15, -0.1) is 0 Å². The molecule has 6 fully saturated rings. The summed E-state index contributed by atoms with van der Waals surface area (Å²) in [4.78, 5) is 41.2. The number of carboxylic acids is 1. The zero-order valence-electron chi connectivity index (χ0n) is 32.6. The van der Waals surface area contributed by atoms with Crippen molar-refractivity contribution in [1.29, 1.82) is 0 Å². The number of carbonyl (C=O) groups is 3. The molecule has 0 spiro atoms. The van der Waals surface area contributed by atoms with Gasteiger partial charge in [-0.05, 0) is 155 Å². The Balaban J connectivity index is 1.25. The number of rotatable bonds is 8. The number of nitrogens with zero attached hydrogens (tertiary/aromatic N) is 1. The first-order valence-electron chi connectivity index (χ1n) is 20.2. The van der Waals surface area contributed by atoms with Gasteiger partial charge in [0, 0.05) is 24.4 Å². The highest BCUT2D eigenvalue weighted by Gasteiger charge is 2.71. The predicted octanol–water partition coefficient (Wildman–Crippen LogP) is 9.85. The van der Waals surface area contributed by atoms with E-state index < -0.39 is 11.4 Å². The van der Waals surface area contributed by atoms with Crippen LogP contribution in [-0.2, 0) is 19.1 Å². The maximum Gasteiger partial charge on any atom is 0.309 e. The number of amides is 1. The molecule has 0 aromatic heterocycles. The summed E-state index contributed by atoms with van der Waals surface area (Å²) in [5, 5.41) is 9.60. The van der Waals surface area contributed by atoms with Crippen LogP contribution >= 0.6 is 0 Å². The van der Waals surface area contributed by atoms with Crippen molar-refractivity contribution in [1.82, 2.24) is 4.90 Å². The van der Waals surface area contributed by atoms with Gasteiger partial charge in [-0.1, -0.05) is 53.7 Å². The number of likely N-dealkylation sites (tertiary alicyclic amines) is 1. The number of allylic oxidation sites excluding steroid dienone is 1. The minimum atomic E-state index is -1.13. The summed E-state index contributed by atoms with van der Waals surface area (Å²) in [5.41, 5.74) is 0.716. The molecule has 0 bridgehead atoms. The maximum absolute atomic E-state index is 14.1. The van der Waals surface area contributed by atoms with E-state index in [9.17, 15) is 19.5 Å². The number of aliphatic carboxylic acids is 1. The number of esters is 1. The zero-order valence-corrected chi connectivity index (χ0v) is 32.6. The molecule has 1 N–H and O–H groups in total. The fourth-order valence-corrected chi connectivity index (χ4v) is 14.4. The first kappa shape index (κ1) is 36.9. The monoisotopic (exact) mass is 680 g/mol. The van der Waals surface area contributed by atoms with Crippen molar-refractivity contribution >= 4 is 17.8 Å². The Morgan fingerprint density at radius 2 is 1.59 bits per heavy atom. The Labute approximate surface area is 297 Å². The lowest BCUT2D eigenvalue weighted by Crippen LogP contribution is -2.67. The highest BCUT2D eigenvalue weighted by molar-refractivity contribution is 5.81. The van der Waals surface area contributed by atoms with Crippen LogP contribution in [0.3, 0.4) is 0 Å². The summed E-state index contributed by atoms with van der Waals surface area (Å²) in [6.45, 7) is 25.8. The second kappa shape index (κ2) is 12.4. The van der Waals surface area contributed by atoms with E-state index in [1.54, 1.807) is 13.8 Å². The Morgan fingerprint density at radius 1 is 0.878 bits per heavy atom. The Morgan fingerprint density at radius 3 is 2.24 bits per heavy atom. The fraction of sp³-hybridized carbons (Fsp3) is 0.884. The number of carboxylic acid groups (broad SMARTS) is 1. The summed E-state index contributed by atoms with van der Waals surface area (Å²) >= 11 is 0. The summed E-state index contributed by atoms with van der Waals surface area (Å²) in [6, 6.07) is 0.430. The van der Waals surface area contributed by atoms with Crippen LogP contribution in [0.2, 0.25) is 0 Å². The molecule has 1 saturated heterocycles. The molecule has 0 radical (unpaired) electrons. The van der Waals surface area contributed by atoms with E-state index in [1.807, 2.05) is 0 Å². The normalized spacial score (nSPS) is 44.3. The molecule has 6 aliphatic rings. The van der Waals surface area contributed by atoms with Crippen LogP contribution in [0, 0.1) is 62.1 Å². The van der Waals surface area contributed by atoms with Crippen molar-refractivity contribution in [2.75, 3.05) is 6.54 Å². The lowest BCUT2D eigenvalue weighted by Gasteiger charge is -2.73. The second-order valence-corrected chi connectivity index (χ2v) is 20.2. The molecular weight excluding hydrogens is 610 g/mol. The average Bonchev–Trinajstić information content (AvgIpc) is 3.64. The standard InChI is InChI=1S/C43H69NO5/c1-11-28-13-12-24-44(28)34(45)25-43-21-16-29(27(2)3)36(43)30-14-15-32-40(8)19-18-33(49-35(46)26-38(4,5)37(47)48)39(6,7)31(40)17-20-42(32,10)41(30,9)22-23-43/h28-33,36H,2,11-26H2,1,3-10H3,(H,47,48)/t28-,29-,30+,31-,32+,33-,36+,40-,41+,42+,43+/m0/s1. The van der Waals surface area contributed by atoms with Crippen LogP contribution < -0.4 is 0 Å². The molecule has 6 nitrogen and oxygen atoms in total. The molecule has 0 aromatic carbocycles. The molecule has 0 unspecified atom stereocenters. The molecular formula is C43H69NO5. The summed E-state index contributed by atoms with van der Waals surface area (Å²) in [5.74, 6) is 1.80. The summed E-state index contributed by atoms with van der Waals surface area (Å²) in [7, 11) is 0. The first-order valence-corrected chi connectivity index (χ1v) is 20.2. The predicted molar refractivity (Wildman–Crippen MR) is 195 cm³/mol. The third-order valence-corrected chi connectivity index (χ3v) is 17.3. The Hall–Kier alpha value is -1.85. The van der Waals surface area contributed by atoms with E-state index in [0.29, 0.717) is 41.5 Å². The second-order valence-electron chi connectivity index (χ2n) is 20.2. The average molecular weight is 680 g/mol. The highest BCUT2D eigenvalue weighted by atomic mass is 16.5. The van der Waals surface area contributed by atoms with Gasteiger partial charge in [0.1, 0.15) is 6.10 Å². The van der Waals surface area contributed by atoms with E-state index in [1.165, 1.54) is 50.5 Å². The van der Waals surface area contributed by atoms with Gasteiger partial charge in [0.2, 0.25) is 5.91 Å². The minimum Gasteiger partial charge on any atom is -0.481 e. The maximum atomic E-state index is 14.1. The molecule has 11 atom stereocenters. The van der Waals surface area contributed by atoms with Crippen LogP contribution in [0.1, 0.15) is 159 Å². The molecule has 1 heterocycles. The SMILES string of the molecule is C=C(C)[C@@H]1CC[C@]2(CC(=O)N3CCC[C@@H]3CC)CC[C@]3(C)[C@H](CC[C@@H]4[C@@]5(C)CC[C@H](OC(=O)CC(C)(C)C(=O)O)C(C)(C)[C@@H]5CC[C@]43C)[C@@H]12. The molecule has 6 rings (SSSR count). The topological polar surface area (TPSA) is 83.9 Å². The molecule has 1 amide bonds. The van der Waals surface area contributed by atoms with Crippen LogP contribution in [-0.4, -0.2) is 46.5 Å². The lowest BCUT2D eigenvalue weighted by atomic mass is 9.32. The quantitative estimate of drug-likeness (QED) is 0.204. The molecule has 276 valence electrons. The van der Waals surface area contributed by atoms with E-state index >= 15 is 0 Å². The van der Waals surface area contributed by atoms with Crippen LogP contribution in [0.5, 0.6) is 0 Å². The molecule has 5 aliphatic carbocycles. The Kier molecular flexibility index (Phi) is 9.33. The van der Waals surface area contributed by atoms with E-state index in [4.69, 9.17) is 4.74 Å². The molecule has 5 saturated carbocycles. The third-order valence-electron chi connectivity index (χ3n) is 17.3. The van der Waals surface area contributed by atoms with Crippen molar-refractivity contribution in [2.24, 2.45) is 62.1 Å². The highest BCUT2D eigenvalue weighted by Crippen LogP contribution is 2.78. The number of ether oxygens (including phenoxy) is 1. The number of fused-ring (bicyclic) bond motifs is 7.